The number of tetrazole rings is 1. The molecule has 1 saturated heterocycles. The summed E-state index contributed by atoms with van der Waals surface area (Å²) in [7, 11) is 0. The van der Waals surface area contributed by atoms with Gasteiger partial charge in [0.1, 0.15) is 19.3 Å². The first kappa shape index (κ1) is 25.8. The van der Waals surface area contributed by atoms with Crippen LogP contribution in [-0.2, 0) is 11.3 Å². The van der Waals surface area contributed by atoms with Crippen molar-refractivity contribution in [3.63, 3.8) is 0 Å². The summed E-state index contributed by atoms with van der Waals surface area (Å²) in [6.45, 7) is 7.90. The monoisotopic (exact) mass is 516 g/mol. The number of aromatic nitrogens is 5. The predicted octanol–water partition coefficient (Wildman–Crippen LogP) is 3.20. The van der Waals surface area contributed by atoms with Crippen LogP contribution in [0.15, 0.2) is 54.6 Å². The van der Waals surface area contributed by atoms with Crippen molar-refractivity contribution in [2.24, 2.45) is 0 Å². The zero-order chi connectivity index (χ0) is 26.3. The molecule has 1 fully saturated rings. The van der Waals surface area contributed by atoms with Gasteiger partial charge in [-0.25, -0.2) is 0 Å². The Bertz CT molecular complexity index is 1320. The van der Waals surface area contributed by atoms with Gasteiger partial charge in [-0.2, -0.15) is 5.21 Å². The van der Waals surface area contributed by atoms with E-state index in [1.807, 2.05) is 56.3 Å². The molecule has 0 spiro atoms. The lowest BCUT2D eigenvalue weighted by Crippen LogP contribution is -2.42. The van der Waals surface area contributed by atoms with Crippen molar-refractivity contribution in [3.8, 4) is 34.0 Å². The highest BCUT2D eigenvalue weighted by Gasteiger charge is 2.18. The smallest absolute Gasteiger partial charge is 0.205 e. The summed E-state index contributed by atoms with van der Waals surface area (Å²) >= 11 is 0. The maximum atomic E-state index is 10.5. The van der Waals surface area contributed by atoms with Gasteiger partial charge in [-0.3, -0.25) is 9.88 Å². The highest BCUT2D eigenvalue weighted by atomic mass is 16.5. The molecule has 1 atom stereocenters. The van der Waals surface area contributed by atoms with Crippen molar-refractivity contribution >= 4 is 0 Å². The van der Waals surface area contributed by atoms with Gasteiger partial charge < -0.3 is 19.3 Å². The number of aryl methyl sites for hydroxylation is 2. The van der Waals surface area contributed by atoms with Crippen LogP contribution in [0.1, 0.15) is 17.0 Å². The van der Waals surface area contributed by atoms with E-state index in [1.54, 1.807) is 0 Å². The largest absolute Gasteiger partial charge is 0.485 e. The number of nitrogens with zero attached hydrogens (tertiary/aromatic N) is 5. The van der Waals surface area contributed by atoms with Gasteiger partial charge in [-0.1, -0.05) is 48.5 Å². The second-order valence-electron chi connectivity index (χ2n) is 9.32. The molecule has 1 aliphatic heterocycles. The van der Waals surface area contributed by atoms with E-state index in [2.05, 4.69) is 42.6 Å². The molecular formula is C28H32N6O4. The van der Waals surface area contributed by atoms with Gasteiger partial charge in [0.2, 0.25) is 5.82 Å². The van der Waals surface area contributed by atoms with Gasteiger partial charge in [0.05, 0.1) is 18.9 Å². The maximum Gasteiger partial charge on any atom is 0.205 e. The normalized spacial score (nSPS) is 14.8. The van der Waals surface area contributed by atoms with E-state index in [0.29, 0.717) is 43.7 Å². The molecule has 4 aromatic rings. The second kappa shape index (κ2) is 12.1. The van der Waals surface area contributed by atoms with Crippen LogP contribution in [-0.4, -0.2) is 81.2 Å². The molecule has 1 unspecified atom stereocenters. The van der Waals surface area contributed by atoms with Gasteiger partial charge >= 0.3 is 0 Å². The van der Waals surface area contributed by atoms with Gasteiger partial charge in [0.15, 0.2) is 11.5 Å². The number of H-pyrrole nitrogens is 1. The van der Waals surface area contributed by atoms with E-state index in [4.69, 9.17) is 14.2 Å². The fourth-order valence-electron chi connectivity index (χ4n) is 4.53. The van der Waals surface area contributed by atoms with Gasteiger partial charge in [0, 0.05) is 37.0 Å². The molecule has 0 aliphatic carbocycles. The Morgan fingerprint density at radius 3 is 2.53 bits per heavy atom. The van der Waals surface area contributed by atoms with Gasteiger partial charge in [-0.15, -0.1) is 10.2 Å². The molecule has 3 heterocycles. The van der Waals surface area contributed by atoms with Crippen molar-refractivity contribution in [1.29, 1.82) is 0 Å². The number of hydrogen-bond acceptors (Lipinski definition) is 9. The first-order valence-corrected chi connectivity index (χ1v) is 12.7. The average molecular weight is 517 g/mol. The third-order valence-corrected chi connectivity index (χ3v) is 6.40. The van der Waals surface area contributed by atoms with Crippen molar-refractivity contribution in [2.45, 2.75) is 26.6 Å². The number of hydrogen-bond donors (Lipinski definition) is 2. The average Bonchev–Trinajstić information content (AvgIpc) is 3.47. The van der Waals surface area contributed by atoms with Crippen LogP contribution in [0.3, 0.4) is 0 Å². The Morgan fingerprint density at radius 2 is 1.79 bits per heavy atom. The van der Waals surface area contributed by atoms with Crippen LogP contribution < -0.4 is 9.47 Å². The van der Waals surface area contributed by atoms with Crippen molar-refractivity contribution in [1.82, 2.24) is 30.5 Å². The molecule has 198 valence electrons. The molecule has 2 aromatic carbocycles. The zero-order valence-corrected chi connectivity index (χ0v) is 21.6. The second-order valence-corrected chi connectivity index (χ2v) is 9.32. The van der Waals surface area contributed by atoms with E-state index < -0.39 is 6.10 Å². The van der Waals surface area contributed by atoms with Crippen LogP contribution in [0.2, 0.25) is 0 Å². The topological polar surface area (TPSA) is 119 Å². The van der Waals surface area contributed by atoms with Crippen LogP contribution >= 0.6 is 0 Å². The molecule has 38 heavy (non-hydrogen) atoms. The summed E-state index contributed by atoms with van der Waals surface area (Å²) in [5, 5.41) is 25.0. The molecule has 0 bridgehead atoms. The summed E-state index contributed by atoms with van der Waals surface area (Å²) in [6, 6.07) is 18.0. The van der Waals surface area contributed by atoms with Crippen molar-refractivity contribution < 1.29 is 19.3 Å². The Labute approximate surface area is 221 Å². The van der Waals surface area contributed by atoms with Crippen LogP contribution in [0.4, 0.5) is 0 Å². The Kier molecular flexibility index (Phi) is 8.22. The maximum absolute atomic E-state index is 10.5. The first-order chi connectivity index (χ1) is 18.6. The molecule has 10 heteroatoms. The fraction of sp³-hybridized carbons (Fsp3) is 0.357. The van der Waals surface area contributed by atoms with Gasteiger partial charge in [-0.05, 0) is 35.8 Å². The molecule has 2 aromatic heterocycles. The zero-order valence-electron chi connectivity index (χ0n) is 21.6. The number of pyridine rings is 1. The molecule has 0 saturated carbocycles. The van der Waals surface area contributed by atoms with Crippen molar-refractivity contribution in [2.75, 3.05) is 39.5 Å². The quantitative estimate of drug-likeness (QED) is 0.328. The lowest BCUT2D eigenvalue weighted by molar-refractivity contribution is 0.00428. The molecule has 1 aliphatic rings. The number of rotatable bonds is 10. The number of aliphatic hydroxyl groups is 1. The van der Waals surface area contributed by atoms with Crippen LogP contribution in [0, 0.1) is 13.8 Å². The number of aromatic amines is 1. The van der Waals surface area contributed by atoms with Crippen LogP contribution in [0.25, 0.3) is 22.5 Å². The number of benzene rings is 2. The summed E-state index contributed by atoms with van der Waals surface area (Å²) < 4.78 is 17.6. The van der Waals surface area contributed by atoms with Crippen LogP contribution in [0.5, 0.6) is 11.5 Å². The summed E-state index contributed by atoms with van der Waals surface area (Å²) in [5.74, 6) is 1.72. The molecule has 2 N–H and O–H groups in total. The Hall–Kier alpha value is -3.86. The molecule has 0 radical (unpaired) electrons. The van der Waals surface area contributed by atoms with Crippen molar-refractivity contribution in [3.05, 3.63) is 71.5 Å². The highest BCUT2D eigenvalue weighted by molar-refractivity contribution is 5.80. The Balaban J connectivity index is 1.24. The van der Waals surface area contributed by atoms with E-state index in [-0.39, 0.29) is 6.61 Å². The standard InChI is InChI=1S/C28H32N6O4/c1-19-15-26(27(20(2)29-19)38-18-23(35)16-34-11-13-36-14-12-34)37-17-21-7-9-22(10-8-21)24-5-3-4-6-25(24)28-30-32-33-31-28/h3-10,15,23,35H,11-14,16-18H2,1-2H3,(H,30,31,32,33). The summed E-state index contributed by atoms with van der Waals surface area (Å²) in [5.41, 5.74) is 5.55. The third kappa shape index (κ3) is 6.34. The van der Waals surface area contributed by atoms with Gasteiger partial charge in [0.25, 0.3) is 0 Å². The summed E-state index contributed by atoms with van der Waals surface area (Å²) in [6.07, 6.45) is -0.621. The van der Waals surface area contributed by atoms with E-state index in [1.165, 1.54) is 0 Å². The molecular weight excluding hydrogens is 484 g/mol. The number of β-amino-alcohol motifs (C(OH)–C–C–N with tert-alkyl or cyclic N) is 1. The lowest BCUT2D eigenvalue weighted by Gasteiger charge is -2.28. The number of aliphatic hydroxyl groups excluding tert-OH is 1. The number of nitrogens with one attached hydrogen (secondary N) is 1. The minimum Gasteiger partial charge on any atom is -0.485 e. The highest BCUT2D eigenvalue weighted by Crippen LogP contribution is 2.33. The minimum atomic E-state index is -0.621. The molecule has 10 nitrogen and oxygen atoms in total. The minimum absolute atomic E-state index is 0.160. The SMILES string of the molecule is Cc1cc(OCc2ccc(-c3ccccc3-c3nn[nH]n3)cc2)c(OCC(O)CN2CCOCC2)c(C)n1. The predicted molar refractivity (Wildman–Crippen MR) is 142 cm³/mol. The lowest BCUT2D eigenvalue weighted by atomic mass is 9.98. The van der Waals surface area contributed by atoms with E-state index in [0.717, 1.165) is 46.7 Å². The van der Waals surface area contributed by atoms with E-state index in [9.17, 15) is 5.11 Å². The fourth-order valence-corrected chi connectivity index (χ4v) is 4.53. The third-order valence-electron chi connectivity index (χ3n) is 6.40. The molecule has 0 amide bonds. The molecule has 5 rings (SSSR count). The van der Waals surface area contributed by atoms with E-state index >= 15 is 0 Å². The first-order valence-electron chi connectivity index (χ1n) is 12.7. The number of morpholine rings is 1. The Morgan fingerprint density at radius 1 is 1.03 bits per heavy atom. The summed E-state index contributed by atoms with van der Waals surface area (Å²) in [4.78, 5) is 6.71. The number of ether oxygens (including phenoxy) is 3.